The van der Waals surface area contributed by atoms with Gasteiger partial charge in [-0.3, -0.25) is 5.41 Å². The van der Waals surface area contributed by atoms with Gasteiger partial charge in [-0.05, 0) is 24.3 Å². The highest BCUT2D eigenvalue weighted by atomic mass is 32.2. The van der Waals surface area contributed by atoms with Gasteiger partial charge < -0.3 is 5.73 Å². The summed E-state index contributed by atoms with van der Waals surface area (Å²) in [6.07, 6.45) is 0. The summed E-state index contributed by atoms with van der Waals surface area (Å²) < 4.78 is 37.2. The predicted molar refractivity (Wildman–Crippen MR) is 58.1 cm³/mol. The molecule has 1 aromatic rings. The Balaban J connectivity index is 3.02. The molecule has 0 saturated heterocycles. The number of nitrogens with zero attached hydrogens (tertiary/aromatic N) is 1. The molecular weight excluding hydrogens is 233 g/mol. The molecule has 0 aliphatic heterocycles. The third-order valence-corrected chi connectivity index (χ3v) is 3.73. The van der Waals surface area contributed by atoms with Gasteiger partial charge in [-0.1, -0.05) is 0 Å². The van der Waals surface area contributed by atoms with E-state index in [1.54, 1.807) is 0 Å². The fraction of sp³-hybridized carbons (Fsp3) is 0.222. The highest BCUT2D eigenvalue weighted by molar-refractivity contribution is 7.89. The van der Waals surface area contributed by atoms with E-state index in [9.17, 15) is 12.8 Å². The van der Waals surface area contributed by atoms with Gasteiger partial charge in [0, 0.05) is 7.05 Å². The van der Waals surface area contributed by atoms with Gasteiger partial charge in [-0.15, -0.1) is 0 Å². The van der Waals surface area contributed by atoms with Crippen LogP contribution < -0.4 is 5.73 Å². The number of halogens is 1. The second-order valence-electron chi connectivity index (χ2n) is 3.24. The highest BCUT2D eigenvalue weighted by Crippen LogP contribution is 2.14. The molecule has 88 valence electrons. The lowest BCUT2D eigenvalue weighted by Crippen LogP contribution is -2.35. The molecule has 0 heterocycles. The van der Waals surface area contributed by atoms with Crippen LogP contribution in [0.3, 0.4) is 0 Å². The van der Waals surface area contributed by atoms with E-state index in [0.29, 0.717) is 0 Å². The Kier molecular flexibility index (Phi) is 3.61. The van der Waals surface area contributed by atoms with Crippen LogP contribution in [0.15, 0.2) is 29.2 Å². The third-order valence-electron chi connectivity index (χ3n) is 1.91. The Labute approximate surface area is 93.2 Å². The fourth-order valence-corrected chi connectivity index (χ4v) is 2.26. The zero-order chi connectivity index (χ0) is 12.3. The molecule has 0 aliphatic rings. The zero-order valence-corrected chi connectivity index (χ0v) is 9.46. The van der Waals surface area contributed by atoms with Gasteiger partial charge in [0.05, 0.1) is 11.4 Å². The molecule has 5 nitrogen and oxygen atoms in total. The van der Waals surface area contributed by atoms with E-state index < -0.39 is 15.8 Å². The van der Waals surface area contributed by atoms with E-state index >= 15 is 0 Å². The SMILES string of the molecule is CN(CC(=N)N)S(=O)(=O)c1ccc(F)cc1. The summed E-state index contributed by atoms with van der Waals surface area (Å²) in [6, 6.07) is 4.46. The molecule has 0 unspecified atom stereocenters. The van der Waals surface area contributed by atoms with Gasteiger partial charge in [0.25, 0.3) is 0 Å². The quantitative estimate of drug-likeness (QED) is 0.594. The second kappa shape index (κ2) is 4.58. The van der Waals surface area contributed by atoms with Gasteiger partial charge in [0.1, 0.15) is 11.7 Å². The molecule has 0 aliphatic carbocycles. The normalized spacial score (nSPS) is 11.7. The van der Waals surface area contributed by atoms with Gasteiger partial charge in [0.2, 0.25) is 10.0 Å². The van der Waals surface area contributed by atoms with Crippen LogP contribution in [0.5, 0.6) is 0 Å². The number of hydrogen-bond acceptors (Lipinski definition) is 3. The van der Waals surface area contributed by atoms with E-state index in [-0.39, 0.29) is 17.3 Å². The summed E-state index contributed by atoms with van der Waals surface area (Å²) in [5.74, 6) is -0.763. The molecule has 0 amide bonds. The fourth-order valence-electron chi connectivity index (χ4n) is 1.11. The monoisotopic (exact) mass is 245 g/mol. The molecule has 0 spiro atoms. The second-order valence-corrected chi connectivity index (χ2v) is 5.29. The van der Waals surface area contributed by atoms with E-state index in [1.807, 2.05) is 0 Å². The van der Waals surface area contributed by atoms with E-state index in [0.717, 1.165) is 16.4 Å². The van der Waals surface area contributed by atoms with Crippen molar-refractivity contribution in [3.8, 4) is 0 Å². The molecule has 0 bridgehead atoms. The molecule has 1 rings (SSSR count). The minimum Gasteiger partial charge on any atom is -0.387 e. The molecule has 0 aromatic heterocycles. The van der Waals surface area contributed by atoms with Crippen LogP contribution >= 0.6 is 0 Å². The van der Waals surface area contributed by atoms with Gasteiger partial charge in [-0.2, -0.15) is 4.31 Å². The van der Waals surface area contributed by atoms with Crippen molar-refractivity contribution in [1.82, 2.24) is 4.31 Å². The number of likely N-dealkylation sites (N-methyl/N-ethyl adjacent to an activating group) is 1. The summed E-state index contributed by atoms with van der Waals surface area (Å²) in [5.41, 5.74) is 5.11. The molecular formula is C9H12FN3O2S. The van der Waals surface area contributed by atoms with E-state index in [2.05, 4.69) is 0 Å². The number of hydrogen-bond donors (Lipinski definition) is 2. The number of amidine groups is 1. The summed E-state index contributed by atoms with van der Waals surface area (Å²) in [7, 11) is -2.40. The first-order valence-corrected chi connectivity index (χ1v) is 5.83. The number of nitrogens with two attached hydrogens (primary N) is 1. The number of rotatable bonds is 4. The molecule has 0 atom stereocenters. The van der Waals surface area contributed by atoms with Gasteiger partial charge >= 0.3 is 0 Å². The van der Waals surface area contributed by atoms with Crippen LogP contribution in [0.1, 0.15) is 0 Å². The minimum absolute atomic E-state index is 0.0300. The topological polar surface area (TPSA) is 87.2 Å². The average molecular weight is 245 g/mol. The lowest BCUT2D eigenvalue weighted by molar-refractivity contribution is 0.504. The average Bonchev–Trinajstić information content (AvgIpc) is 2.17. The first-order chi connectivity index (χ1) is 7.34. The maximum Gasteiger partial charge on any atom is 0.243 e. The maximum absolute atomic E-state index is 12.6. The Hall–Kier alpha value is -1.47. The van der Waals surface area contributed by atoms with Crippen molar-refractivity contribution < 1.29 is 12.8 Å². The zero-order valence-electron chi connectivity index (χ0n) is 8.64. The van der Waals surface area contributed by atoms with Crippen LogP contribution in [-0.2, 0) is 10.0 Å². The van der Waals surface area contributed by atoms with Crippen LogP contribution in [-0.4, -0.2) is 32.2 Å². The summed E-state index contributed by atoms with van der Waals surface area (Å²) >= 11 is 0. The summed E-state index contributed by atoms with van der Waals surface area (Å²) in [5, 5.41) is 7.01. The molecule has 0 fully saturated rings. The minimum atomic E-state index is -3.70. The van der Waals surface area contributed by atoms with Crippen molar-refractivity contribution >= 4 is 15.9 Å². The van der Waals surface area contributed by atoms with Crippen LogP contribution in [0, 0.1) is 11.2 Å². The summed E-state index contributed by atoms with van der Waals surface area (Å²) in [6.45, 7) is -0.195. The van der Waals surface area contributed by atoms with E-state index in [1.165, 1.54) is 19.2 Å². The largest absolute Gasteiger partial charge is 0.387 e. The van der Waals surface area contributed by atoms with Crippen molar-refractivity contribution in [1.29, 1.82) is 5.41 Å². The molecule has 0 saturated carbocycles. The first kappa shape index (κ1) is 12.6. The van der Waals surface area contributed by atoms with Gasteiger partial charge in [0.15, 0.2) is 0 Å². The molecule has 1 aromatic carbocycles. The Bertz CT molecular complexity index is 484. The van der Waals surface area contributed by atoms with Crippen molar-refractivity contribution in [2.24, 2.45) is 5.73 Å². The predicted octanol–water partition coefficient (Wildman–Crippen LogP) is 0.382. The Morgan fingerprint density at radius 1 is 1.44 bits per heavy atom. The molecule has 16 heavy (non-hydrogen) atoms. The number of nitrogens with one attached hydrogen (secondary N) is 1. The number of benzene rings is 1. The third kappa shape index (κ3) is 2.77. The lowest BCUT2D eigenvalue weighted by atomic mass is 10.4. The van der Waals surface area contributed by atoms with Crippen molar-refractivity contribution in [2.45, 2.75) is 4.90 Å². The highest BCUT2D eigenvalue weighted by Gasteiger charge is 2.20. The summed E-state index contributed by atoms with van der Waals surface area (Å²) in [4.78, 5) is -0.0300. The van der Waals surface area contributed by atoms with Crippen LogP contribution in [0.4, 0.5) is 4.39 Å². The smallest absolute Gasteiger partial charge is 0.243 e. The number of sulfonamides is 1. The Morgan fingerprint density at radius 3 is 2.38 bits per heavy atom. The molecule has 7 heteroatoms. The van der Waals surface area contributed by atoms with Crippen LogP contribution in [0.25, 0.3) is 0 Å². The molecule has 3 N–H and O–H groups in total. The van der Waals surface area contributed by atoms with Crippen molar-refractivity contribution in [3.63, 3.8) is 0 Å². The lowest BCUT2D eigenvalue weighted by Gasteiger charge is -2.16. The van der Waals surface area contributed by atoms with Crippen molar-refractivity contribution in [2.75, 3.05) is 13.6 Å². The van der Waals surface area contributed by atoms with E-state index in [4.69, 9.17) is 11.1 Å². The van der Waals surface area contributed by atoms with Crippen LogP contribution in [0.2, 0.25) is 0 Å². The Morgan fingerprint density at radius 2 is 1.94 bits per heavy atom. The maximum atomic E-state index is 12.6. The molecule has 0 radical (unpaired) electrons. The standard InChI is InChI=1S/C9H12FN3O2S/c1-13(6-9(11)12)16(14,15)8-4-2-7(10)3-5-8/h2-5H,6H2,1H3,(H3,11,12). The van der Waals surface area contributed by atoms with Gasteiger partial charge in [-0.25, -0.2) is 12.8 Å². The van der Waals surface area contributed by atoms with Crippen molar-refractivity contribution in [3.05, 3.63) is 30.1 Å². The first-order valence-electron chi connectivity index (χ1n) is 4.39.